The summed E-state index contributed by atoms with van der Waals surface area (Å²) in [5, 5.41) is 7.20. The molecule has 0 bridgehead atoms. The van der Waals surface area contributed by atoms with Gasteiger partial charge in [0.15, 0.2) is 0 Å². The molecule has 154 valence electrons. The van der Waals surface area contributed by atoms with Gasteiger partial charge in [-0.15, -0.1) is 0 Å². The molecule has 1 aromatic carbocycles. The van der Waals surface area contributed by atoms with E-state index in [1.54, 1.807) is 24.1 Å². The molecule has 2 aliphatic rings. The highest BCUT2D eigenvalue weighted by atomic mass is 16.5. The predicted octanol–water partition coefficient (Wildman–Crippen LogP) is 1.93. The molecule has 1 atom stereocenters. The minimum absolute atomic E-state index is 0.0861. The fraction of sp³-hybridized carbons (Fsp3) is 0.500. The van der Waals surface area contributed by atoms with Gasteiger partial charge in [0.25, 0.3) is 5.91 Å². The van der Waals surface area contributed by atoms with E-state index in [0.29, 0.717) is 31.7 Å². The van der Waals surface area contributed by atoms with Crippen LogP contribution in [0.25, 0.3) is 0 Å². The quantitative estimate of drug-likeness (QED) is 0.857. The molecule has 7 heteroatoms. The Labute approximate surface area is 171 Å². The molecular weight excluding hydrogens is 368 g/mol. The number of piperidine rings is 1. The highest BCUT2D eigenvalue weighted by molar-refractivity contribution is 5.93. The number of aryl methyl sites for hydroxylation is 1. The standard InChI is InChI=1S/C22H28N4O3/c1-25-16-18(15-23-25)21(28)24-19-7-12-29-22(14-19)8-10-26(11-9-22)20(27)13-17-5-3-2-4-6-17/h2-6,15-16,19H,7-14H2,1H3,(H,24,28)/t19-/m1/s1. The first-order valence-corrected chi connectivity index (χ1v) is 10.3. The van der Waals surface area contributed by atoms with Crippen LogP contribution < -0.4 is 5.32 Å². The van der Waals surface area contributed by atoms with Gasteiger partial charge in [-0.1, -0.05) is 30.3 Å². The van der Waals surface area contributed by atoms with E-state index in [1.165, 1.54) is 0 Å². The van der Waals surface area contributed by atoms with Gasteiger partial charge in [-0.25, -0.2) is 0 Å². The molecule has 1 spiro atoms. The summed E-state index contributed by atoms with van der Waals surface area (Å²) in [6, 6.07) is 9.95. The Morgan fingerprint density at radius 3 is 2.69 bits per heavy atom. The van der Waals surface area contributed by atoms with Crippen LogP contribution in [0.5, 0.6) is 0 Å². The summed E-state index contributed by atoms with van der Waals surface area (Å²) >= 11 is 0. The van der Waals surface area contributed by atoms with Crippen molar-refractivity contribution in [3.8, 4) is 0 Å². The van der Waals surface area contributed by atoms with Crippen LogP contribution in [0, 0.1) is 0 Å². The third kappa shape index (κ3) is 4.67. The number of likely N-dealkylation sites (tertiary alicyclic amines) is 1. The molecule has 3 heterocycles. The third-order valence-electron chi connectivity index (χ3n) is 6.02. The average Bonchev–Trinajstić information content (AvgIpc) is 3.16. The number of nitrogens with one attached hydrogen (secondary N) is 1. The lowest BCUT2D eigenvalue weighted by molar-refractivity contribution is -0.143. The van der Waals surface area contributed by atoms with Crippen LogP contribution in [-0.2, 0) is 23.0 Å². The largest absolute Gasteiger partial charge is 0.375 e. The summed E-state index contributed by atoms with van der Waals surface area (Å²) in [4.78, 5) is 27.0. The third-order valence-corrected chi connectivity index (χ3v) is 6.02. The van der Waals surface area contributed by atoms with Crippen LogP contribution in [0.4, 0.5) is 0 Å². The van der Waals surface area contributed by atoms with Crippen molar-refractivity contribution in [2.75, 3.05) is 19.7 Å². The Balaban J connectivity index is 1.30. The summed E-state index contributed by atoms with van der Waals surface area (Å²) in [5.41, 5.74) is 1.38. The normalized spacial score (nSPS) is 21.1. The van der Waals surface area contributed by atoms with Crippen LogP contribution in [0.2, 0.25) is 0 Å². The minimum Gasteiger partial charge on any atom is -0.375 e. The Hall–Kier alpha value is -2.67. The Bertz CT molecular complexity index is 856. The predicted molar refractivity (Wildman–Crippen MR) is 108 cm³/mol. The zero-order chi connectivity index (χ0) is 20.3. The maximum atomic E-state index is 12.6. The number of nitrogens with zero attached hydrogens (tertiary/aromatic N) is 3. The van der Waals surface area contributed by atoms with E-state index in [1.807, 2.05) is 35.2 Å². The van der Waals surface area contributed by atoms with Crippen molar-refractivity contribution >= 4 is 11.8 Å². The van der Waals surface area contributed by atoms with E-state index in [4.69, 9.17) is 4.74 Å². The van der Waals surface area contributed by atoms with Crippen molar-refractivity contribution in [3.63, 3.8) is 0 Å². The topological polar surface area (TPSA) is 76.5 Å². The van der Waals surface area contributed by atoms with E-state index in [0.717, 1.165) is 31.2 Å². The number of benzene rings is 1. The molecule has 1 N–H and O–H groups in total. The van der Waals surface area contributed by atoms with Crippen LogP contribution in [0.3, 0.4) is 0 Å². The van der Waals surface area contributed by atoms with Gasteiger partial charge in [0.1, 0.15) is 0 Å². The Morgan fingerprint density at radius 2 is 2.00 bits per heavy atom. The first-order chi connectivity index (χ1) is 14.0. The van der Waals surface area contributed by atoms with Crippen LogP contribution in [-0.4, -0.2) is 57.8 Å². The van der Waals surface area contributed by atoms with Gasteiger partial charge >= 0.3 is 0 Å². The number of ether oxygens (including phenoxy) is 1. The number of hydrogen-bond acceptors (Lipinski definition) is 4. The average molecular weight is 396 g/mol. The molecule has 4 rings (SSSR count). The molecule has 0 unspecified atom stereocenters. The fourth-order valence-corrected chi connectivity index (χ4v) is 4.35. The number of rotatable bonds is 4. The number of carbonyl (C=O) groups excluding carboxylic acids is 2. The molecule has 2 amide bonds. The molecule has 7 nitrogen and oxygen atoms in total. The highest BCUT2D eigenvalue weighted by Gasteiger charge is 2.41. The van der Waals surface area contributed by atoms with Crippen molar-refractivity contribution < 1.29 is 14.3 Å². The van der Waals surface area contributed by atoms with Crippen LogP contribution in [0.15, 0.2) is 42.7 Å². The molecule has 0 saturated carbocycles. The maximum absolute atomic E-state index is 12.6. The molecule has 29 heavy (non-hydrogen) atoms. The molecular formula is C22H28N4O3. The van der Waals surface area contributed by atoms with Gasteiger partial charge in [-0.3, -0.25) is 14.3 Å². The molecule has 1 aromatic heterocycles. The maximum Gasteiger partial charge on any atom is 0.254 e. The van der Waals surface area contributed by atoms with Gasteiger partial charge in [0.05, 0.1) is 23.8 Å². The lowest BCUT2D eigenvalue weighted by Crippen LogP contribution is -2.54. The van der Waals surface area contributed by atoms with Crippen molar-refractivity contribution in [1.29, 1.82) is 0 Å². The summed E-state index contributed by atoms with van der Waals surface area (Å²) < 4.78 is 7.80. The lowest BCUT2D eigenvalue weighted by Gasteiger charge is -2.46. The van der Waals surface area contributed by atoms with Gasteiger partial charge in [0.2, 0.25) is 5.91 Å². The van der Waals surface area contributed by atoms with Crippen molar-refractivity contribution in [2.45, 2.75) is 43.7 Å². The Morgan fingerprint density at radius 1 is 1.24 bits per heavy atom. The second kappa shape index (κ2) is 8.37. The zero-order valence-electron chi connectivity index (χ0n) is 16.8. The van der Waals surface area contributed by atoms with E-state index in [9.17, 15) is 9.59 Å². The summed E-state index contributed by atoms with van der Waals surface area (Å²) in [7, 11) is 1.80. The molecule has 0 radical (unpaired) electrons. The first-order valence-electron chi connectivity index (χ1n) is 10.3. The molecule has 2 aromatic rings. The number of amides is 2. The first kappa shape index (κ1) is 19.6. The van der Waals surface area contributed by atoms with Gasteiger partial charge in [-0.2, -0.15) is 5.10 Å². The smallest absolute Gasteiger partial charge is 0.254 e. The lowest BCUT2D eigenvalue weighted by atomic mass is 9.82. The van der Waals surface area contributed by atoms with Gasteiger partial charge in [-0.05, 0) is 31.2 Å². The number of aromatic nitrogens is 2. The van der Waals surface area contributed by atoms with E-state index in [2.05, 4.69) is 10.4 Å². The van der Waals surface area contributed by atoms with Crippen molar-refractivity contribution in [2.24, 2.45) is 7.05 Å². The summed E-state index contributed by atoms with van der Waals surface area (Å²) in [6.45, 7) is 2.04. The summed E-state index contributed by atoms with van der Waals surface area (Å²) in [6.07, 6.45) is 6.98. The monoisotopic (exact) mass is 396 g/mol. The molecule has 2 fully saturated rings. The van der Waals surface area contributed by atoms with Crippen LogP contribution >= 0.6 is 0 Å². The van der Waals surface area contributed by atoms with Gasteiger partial charge < -0.3 is 15.0 Å². The zero-order valence-corrected chi connectivity index (χ0v) is 16.8. The van der Waals surface area contributed by atoms with Crippen LogP contribution in [0.1, 0.15) is 41.6 Å². The SMILES string of the molecule is Cn1cc(C(=O)N[C@@H]2CCOC3(CCN(C(=O)Cc4ccccc4)CC3)C2)cn1. The van der Waals surface area contributed by atoms with Gasteiger partial charge in [0, 0.05) is 39.0 Å². The number of carbonyl (C=O) groups is 2. The highest BCUT2D eigenvalue weighted by Crippen LogP contribution is 2.35. The fourth-order valence-electron chi connectivity index (χ4n) is 4.35. The molecule has 2 aliphatic heterocycles. The molecule has 2 saturated heterocycles. The van der Waals surface area contributed by atoms with Crippen molar-refractivity contribution in [3.05, 3.63) is 53.9 Å². The van der Waals surface area contributed by atoms with E-state index < -0.39 is 0 Å². The Kier molecular flexibility index (Phi) is 5.67. The minimum atomic E-state index is -0.241. The van der Waals surface area contributed by atoms with E-state index in [-0.39, 0.29) is 23.5 Å². The number of hydrogen-bond donors (Lipinski definition) is 1. The second-order valence-corrected chi connectivity index (χ2v) is 8.14. The van der Waals surface area contributed by atoms with Crippen molar-refractivity contribution in [1.82, 2.24) is 20.0 Å². The summed E-state index contributed by atoms with van der Waals surface area (Å²) in [5.74, 6) is 0.0823. The molecule has 0 aliphatic carbocycles. The second-order valence-electron chi connectivity index (χ2n) is 8.14. The van der Waals surface area contributed by atoms with E-state index >= 15 is 0 Å².